The maximum atomic E-state index is 13.8. The summed E-state index contributed by atoms with van der Waals surface area (Å²) in [6.07, 6.45) is -1.81. The number of hydrogen-bond acceptors (Lipinski definition) is 8. The van der Waals surface area contributed by atoms with Crippen LogP contribution in [0.5, 0.6) is 0 Å². The first-order chi connectivity index (χ1) is 16.1. The molecule has 0 radical (unpaired) electrons. The van der Waals surface area contributed by atoms with E-state index in [1.165, 1.54) is 29.0 Å². The number of anilines is 3. The Bertz CT molecular complexity index is 1450. The van der Waals surface area contributed by atoms with Crippen LogP contribution in [0.2, 0.25) is 5.02 Å². The van der Waals surface area contributed by atoms with Crippen molar-refractivity contribution in [2.75, 3.05) is 16.8 Å². The van der Waals surface area contributed by atoms with Crippen molar-refractivity contribution in [2.24, 2.45) is 5.92 Å². The van der Waals surface area contributed by atoms with Gasteiger partial charge in [0.05, 0.1) is 28.7 Å². The van der Waals surface area contributed by atoms with Gasteiger partial charge in [-0.3, -0.25) is 9.89 Å². The van der Waals surface area contributed by atoms with Gasteiger partial charge in [0.2, 0.25) is 5.95 Å². The van der Waals surface area contributed by atoms with E-state index >= 15 is 0 Å². The predicted molar refractivity (Wildman–Crippen MR) is 119 cm³/mol. The lowest BCUT2D eigenvalue weighted by molar-refractivity contribution is -0.136. The molecule has 5 rings (SSSR count). The van der Waals surface area contributed by atoms with E-state index < -0.39 is 28.9 Å². The second-order valence-electron chi connectivity index (χ2n) is 7.84. The molecule has 0 spiro atoms. The van der Waals surface area contributed by atoms with Crippen LogP contribution in [0.25, 0.3) is 16.7 Å². The zero-order chi connectivity index (χ0) is 24.2. The van der Waals surface area contributed by atoms with Gasteiger partial charge in [-0.1, -0.05) is 17.7 Å². The van der Waals surface area contributed by atoms with Crippen molar-refractivity contribution in [3.8, 4) is 5.82 Å². The standard InChI is InChI=1S/C20H17ClF3N9O/c21-12-15(25)30-19(26)31-16(12)28-13(8-4-5-8)17-29-14-9(2-1-3-10(14)20(22,23)24)18(34)33(17)11-6-7-27-32-11/h1-3,6-8,13H,4-5H2,(H,27,32)(H5,25,26,28,30,31)/t13-/m0/s1. The summed E-state index contributed by atoms with van der Waals surface area (Å²) in [6, 6.07) is 4.14. The highest BCUT2D eigenvalue weighted by atomic mass is 35.5. The van der Waals surface area contributed by atoms with Gasteiger partial charge in [-0.25, -0.2) is 9.55 Å². The highest BCUT2D eigenvalue weighted by molar-refractivity contribution is 6.35. The van der Waals surface area contributed by atoms with Gasteiger partial charge in [0, 0.05) is 6.07 Å². The number of aromatic amines is 1. The topological polar surface area (TPSA) is 153 Å². The summed E-state index contributed by atoms with van der Waals surface area (Å²) in [5.74, 6) is 0.0850. The molecule has 1 aliphatic carbocycles. The first-order valence-corrected chi connectivity index (χ1v) is 10.5. The zero-order valence-electron chi connectivity index (χ0n) is 17.3. The molecule has 4 aromatic rings. The molecule has 0 unspecified atom stereocenters. The lowest BCUT2D eigenvalue weighted by atomic mass is 10.1. The number of hydrogen-bond donors (Lipinski definition) is 4. The van der Waals surface area contributed by atoms with Crippen LogP contribution in [0.15, 0.2) is 35.3 Å². The largest absolute Gasteiger partial charge is 0.418 e. The van der Waals surface area contributed by atoms with Crippen LogP contribution in [0.4, 0.5) is 30.8 Å². The second kappa shape index (κ2) is 7.87. The molecule has 10 nitrogen and oxygen atoms in total. The van der Waals surface area contributed by atoms with E-state index in [0.29, 0.717) is 0 Å². The van der Waals surface area contributed by atoms with Crippen molar-refractivity contribution in [1.29, 1.82) is 0 Å². The molecule has 1 atom stereocenters. The summed E-state index contributed by atoms with van der Waals surface area (Å²) in [6.45, 7) is 0. The molecule has 0 bridgehead atoms. The van der Waals surface area contributed by atoms with Crippen molar-refractivity contribution in [3.63, 3.8) is 0 Å². The Morgan fingerprint density at radius 1 is 1.18 bits per heavy atom. The number of aromatic nitrogens is 6. The van der Waals surface area contributed by atoms with Crippen LogP contribution >= 0.6 is 11.6 Å². The Morgan fingerprint density at radius 2 is 1.94 bits per heavy atom. The molecular formula is C20H17ClF3N9O. The fraction of sp³-hybridized carbons (Fsp3) is 0.250. The number of fused-ring (bicyclic) bond motifs is 1. The summed E-state index contributed by atoms with van der Waals surface area (Å²) < 4.78 is 42.5. The molecule has 34 heavy (non-hydrogen) atoms. The van der Waals surface area contributed by atoms with Gasteiger partial charge < -0.3 is 16.8 Å². The molecule has 176 valence electrons. The van der Waals surface area contributed by atoms with E-state index in [9.17, 15) is 18.0 Å². The Hall–Kier alpha value is -3.87. The third-order valence-electron chi connectivity index (χ3n) is 5.52. The number of H-pyrrole nitrogens is 1. The van der Waals surface area contributed by atoms with Gasteiger partial charge >= 0.3 is 6.18 Å². The molecule has 14 heteroatoms. The Labute approximate surface area is 194 Å². The fourth-order valence-electron chi connectivity index (χ4n) is 3.82. The van der Waals surface area contributed by atoms with E-state index in [-0.39, 0.29) is 45.6 Å². The molecule has 0 saturated heterocycles. The smallest absolute Gasteiger partial charge is 0.382 e. The number of alkyl halides is 3. The molecule has 3 aromatic heterocycles. The van der Waals surface area contributed by atoms with Crippen LogP contribution < -0.4 is 22.3 Å². The van der Waals surface area contributed by atoms with Crippen LogP contribution in [0.1, 0.15) is 30.3 Å². The predicted octanol–water partition coefficient (Wildman–Crippen LogP) is 3.30. The highest BCUT2D eigenvalue weighted by Gasteiger charge is 2.39. The lowest BCUT2D eigenvalue weighted by Gasteiger charge is -2.23. The Kier molecular flexibility index (Phi) is 5.08. The minimum atomic E-state index is -4.71. The lowest BCUT2D eigenvalue weighted by Crippen LogP contribution is -2.30. The summed E-state index contributed by atoms with van der Waals surface area (Å²) in [4.78, 5) is 25.7. The number of nitrogens with zero attached hydrogens (tertiary/aromatic N) is 5. The minimum Gasteiger partial charge on any atom is -0.382 e. The molecule has 1 saturated carbocycles. The van der Waals surface area contributed by atoms with Crippen LogP contribution in [0, 0.1) is 5.92 Å². The summed E-state index contributed by atoms with van der Waals surface area (Å²) >= 11 is 6.25. The van der Waals surface area contributed by atoms with Crippen molar-refractivity contribution in [1.82, 2.24) is 29.7 Å². The quantitative estimate of drug-likeness (QED) is 0.331. The van der Waals surface area contributed by atoms with Gasteiger partial charge in [0.25, 0.3) is 5.56 Å². The molecule has 3 heterocycles. The normalized spacial score (nSPS) is 14.9. The highest BCUT2D eigenvalue weighted by Crippen LogP contribution is 2.44. The van der Waals surface area contributed by atoms with E-state index in [1.807, 2.05) is 0 Å². The molecule has 0 amide bonds. The fourth-order valence-corrected chi connectivity index (χ4v) is 3.96. The van der Waals surface area contributed by atoms with Gasteiger partial charge in [0.15, 0.2) is 5.82 Å². The number of benzene rings is 1. The van der Waals surface area contributed by atoms with Crippen LogP contribution in [-0.4, -0.2) is 29.7 Å². The van der Waals surface area contributed by atoms with Crippen molar-refractivity contribution in [3.05, 3.63) is 57.2 Å². The van der Waals surface area contributed by atoms with E-state index in [1.54, 1.807) is 0 Å². The number of nitrogens with two attached hydrogens (primary N) is 2. The van der Waals surface area contributed by atoms with Gasteiger partial charge in [-0.2, -0.15) is 28.2 Å². The third-order valence-corrected chi connectivity index (χ3v) is 5.89. The number of halogens is 4. The second-order valence-corrected chi connectivity index (χ2v) is 8.22. The number of rotatable bonds is 5. The average molecular weight is 492 g/mol. The first kappa shape index (κ1) is 21.9. The monoisotopic (exact) mass is 491 g/mol. The van der Waals surface area contributed by atoms with E-state index in [0.717, 1.165) is 18.9 Å². The third kappa shape index (κ3) is 3.77. The van der Waals surface area contributed by atoms with E-state index in [4.69, 9.17) is 23.1 Å². The molecule has 6 N–H and O–H groups in total. The maximum absolute atomic E-state index is 13.8. The van der Waals surface area contributed by atoms with Crippen molar-refractivity contribution < 1.29 is 13.2 Å². The van der Waals surface area contributed by atoms with Gasteiger partial charge in [0.1, 0.15) is 22.5 Å². The maximum Gasteiger partial charge on any atom is 0.418 e. The average Bonchev–Trinajstić information content (AvgIpc) is 3.48. The number of nitrogens with one attached hydrogen (secondary N) is 2. The molecule has 1 aromatic carbocycles. The molecular weight excluding hydrogens is 475 g/mol. The minimum absolute atomic E-state index is 0.00735. The molecule has 1 aliphatic rings. The van der Waals surface area contributed by atoms with Gasteiger partial charge in [-0.15, -0.1) is 0 Å². The summed E-state index contributed by atoms with van der Waals surface area (Å²) in [5, 5.41) is 9.44. The van der Waals surface area contributed by atoms with Crippen molar-refractivity contribution in [2.45, 2.75) is 25.1 Å². The Balaban J connectivity index is 1.78. The zero-order valence-corrected chi connectivity index (χ0v) is 18.0. The summed E-state index contributed by atoms with van der Waals surface area (Å²) in [7, 11) is 0. The molecule has 0 aliphatic heterocycles. The number of para-hydroxylation sites is 1. The van der Waals surface area contributed by atoms with Crippen LogP contribution in [-0.2, 0) is 6.18 Å². The van der Waals surface area contributed by atoms with E-state index in [2.05, 4.69) is 30.5 Å². The molecule has 1 fully saturated rings. The summed E-state index contributed by atoms with van der Waals surface area (Å²) in [5.41, 5.74) is 9.34. The van der Waals surface area contributed by atoms with Gasteiger partial charge in [-0.05, 0) is 30.9 Å². The van der Waals surface area contributed by atoms with Crippen LogP contribution in [0.3, 0.4) is 0 Å². The van der Waals surface area contributed by atoms with Crippen molar-refractivity contribution >= 4 is 40.1 Å². The SMILES string of the molecule is Nc1nc(N)c(Cl)c(N[C@H](c2nc3c(C(F)(F)F)cccc3c(=O)n2-c2ccn[nH]2)C2CC2)n1. The number of nitrogen functional groups attached to an aromatic ring is 2. The Morgan fingerprint density at radius 3 is 2.59 bits per heavy atom. The first-order valence-electron chi connectivity index (χ1n) is 10.1.